The van der Waals surface area contributed by atoms with Crippen molar-refractivity contribution in [1.29, 1.82) is 0 Å². The maximum atomic E-state index is 6.18. The van der Waals surface area contributed by atoms with Gasteiger partial charge in [0.15, 0.2) is 0 Å². The van der Waals surface area contributed by atoms with Crippen LogP contribution in [-0.4, -0.2) is 0 Å². The van der Waals surface area contributed by atoms with Crippen molar-refractivity contribution in [2.45, 2.75) is 31.6 Å². The third-order valence-electron chi connectivity index (χ3n) is 10.4. The van der Waals surface area contributed by atoms with Gasteiger partial charge in [-0.05, 0) is 113 Å². The number of hydrogen-bond donors (Lipinski definition) is 0. The van der Waals surface area contributed by atoms with Gasteiger partial charge in [-0.25, -0.2) is 0 Å². The summed E-state index contributed by atoms with van der Waals surface area (Å²) in [4.78, 5) is 2.36. The van der Waals surface area contributed by atoms with E-state index in [2.05, 4.69) is 138 Å². The molecule has 218 valence electrons. The standard InChI is InChI=1S/C43H35NO/c1-2-7-30(8-3-1)34-9-6-10-37(27-34)44(38-23-24-43-41(28-38)39-11-4-5-12-42(39)45-43)36-21-19-32(20-22-36)31-15-17-33(18-16-31)40-26-29-13-14-35(40)25-29/h1-12,15-24,27-29,35,40H,13-14,25-26H2. The van der Waals surface area contributed by atoms with Gasteiger partial charge in [0.1, 0.15) is 11.2 Å². The first-order valence-corrected chi connectivity index (χ1v) is 16.3. The third kappa shape index (κ3) is 4.73. The zero-order valence-electron chi connectivity index (χ0n) is 25.3. The number of hydrogen-bond acceptors (Lipinski definition) is 2. The van der Waals surface area contributed by atoms with Crippen molar-refractivity contribution in [3.63, 3.8) is 0 Å². The number of rotatable bonds is 6. The largest absolute Gasteiger partial charge is 0.456 e. The fourth-order valence-electron chi connectivity index (χ4n) is 8.13. The lowest BCUT2D eigenvalue weighted by Crippen LogP contribution is -2.10. The van der Waals surface area contributed by atoms with Crippen LogP contribution in [0.2, 0.25) is 0 Å². The van der Waals surface area contributed by atoms with E-state index in [1.54, 1.807) is 0 Å². The van der Waals surface area contributed by atoms with Crippen LogP contribution in [0, 0.1) is 11.8 Å². The van der Waals surface area contributed by atoms with Crippen molar-refractivity contribution in [1.82, 2.24) is 0 Å². The van der Waals surface area contributed by atoms with Crippen molar-refractivity contribution in [2.24, 2.45) is 11.8 Å². The van der Waals surface area contributed by atoms with E-state index in [0.29, 0.717) is 0 Å². The van der Waals surface area contributed by atoms with E-state index in [4.69, 9.17) is 4.42 Å². The number of furan rings is 1. The number of nitrogens with zero attached hydrogens (tertiary/aromatic N) is 1. The monoisotopic (exact) mass is 581 g/mol. The second-order valence-corrected chi connectivity index (χ2v) is 13.0. The molecule has 2 aliphatic carbocycles. The topological polar surface area (TPSA) is 16.4 Å². The molecule has 2 fully saturated rings. The average molecular weight is 582 g/mol. The molecule has 0 amide bonds. The van der Waals surface area contributed by atoms with Gasteiger partial charge in [0.2, 0.25) is 0 Å². The van der Waals surface area contributed by atoms with Gasteiger partial charge >= 0.3 is 0 Å². The Morgan fingerprint density at radius 3 is 1.91 bits per heavy atom. The summed E-state index contributed by atoms with van der Waals surface area (Å²) in [6.45, 7) is 0. The lowest BCUT2D eigenvalue weighted by Gasteiger charge is -2.26. The summed E-state index contributed by atoms with van der Waals surface area (Å²) in [6.07, 6.45) is 5.71. The molecule has 0 radical (unpaired) electrons. The van der Waals surface area contributed by atoms with E-state index in [9.17, 15) is 0 Å². The van der Waals surface area contributed by atoms with Crippen LogP contribution in [0.3, 0.4) is 0 Å². The molecule has 0 aliphatic heterocycles. The molecule has 6 aromatic carbocycles. The zero-order chi connectivity index (χ0) is 29.7. The van der Waals surface area contributed by atoms with Crippen molar-refractivity contribution < 1.29 is 4.42 Å². The molecule has 3 unspecified atom stereocenters. The molecule has 9 rings (SSSR count). The molecule has 0 N–H and O–H groups in total. The summed E-state index contributed by atoms with van der Waals surface area (Å²) in [5.41, 5.74) is 11.6. The third-order valence-corrected chi connectivity index (χ3v) is 10.4. The van der Waals surface area contributed by atoms with Gasteiger partial charge in [0.05, 0.1) is 0 Å². The highest BCUT2D eigenvalue weighted by Gasteiger charge is 2.39. The first-order valence-electron chi connectivity index (χ1n) is 16.3. The summed E-state index contributed by atoms with van der Waals surface area (Å²) in [5, 5.41) is 2.26. The van der Waals surface area contributed by atoms with E-state index < -0.39 is 0 Å². The maximum absolute atomic E-state index is 6.18. The average Bonchev–Trinajstić information content (AvgIpc) is 3.84. The highest BCUT2D eigenvalue weighted by molar-refractivity contribution is 6.06. The Balaban J connectivity index is 1.10. The van der Waals surface area contributed by atoms with Gasteiger partial charge in [-0.15, -0.1) is 0 Å². The summed E-state index contributed by atoms with van der Waals surface area (Å²) in [6, 6.07) is 52.7. The van der Waals surface area contributed by atoms with Gasteiger partial charge in [-0.2, -0.15) is 0 Å². The lowest BCUT2D eigenvalue weighted by atomic mass is 9.83. The Bertz CT molecular complexity index is 2120. The quantitative estimate of drug-likeness (QED) is 0.194. The minimum Gasteiger partial charge on any atom is -0.456 e. The van der Waals surface area contributed by atoms with Crippen LogP contribution < -0.4 is 4.90 Å². The second kappa shape index (κ2) is 10.8. The van der Waals surface area contributed by atoms with Crippen LogP contribution in [0.4, 0.5) is 17.1 Å². The fraction of sp³-hybridized carbons (Fsp3) is 0.163. The van der Waals surface area contributed by atoms with E-state index in [0.717, 1.165) is 56.8 Å². The lowest BCUT2D eigenvalue weighted by molar-refractivity contribution is 0.420. The Morgan fingerprint density at radius 2 is 1.13 bits per heavy atom. The van der Waals surface area contributed by atoms with Crippen LogP contribution in [0.25, 0.3) is 44.2 Å². The highest BCUT2D eigenvalue weighted by Crippen LogP contribution is 2.53. The maximum Gasteiger partial charge on any atom is 0.135 e. The molecule has 45 heavy (non-hydrogen) atoms. The Morgan fingerprint density at radius 1 is 0.467 bits per heavy atom. The molecule has 1 heterocycles. The minimum absolute atomic E-state index is 0.769. The summed E-state index contributed by atoms with van der Waals surface area (Å²) in [5.74, 6) is 2.65. The van der Waals surface area contributed by atoms with E-state index in [1.165, 1.54) is 53.5 Å². The summed E-state index contributed by atoms with van der Waals surface area (Å²) >= 11 is 0. The molecule has 2 saturated carbocycles. The van der Waals surface area contributed by atoms with Gasteiger partial charge in [0, 0.05) is 27.8 Å². The first kappa shape index (κ1) is 26.3. The number of benzene rings is 6. The zero-order valence-corrected chi connectivity index (χ0v) is 25.3. The van der Waals surface area contributed by atoms with Gasteiger partial charge in [-0.1, -0.05) is 103 Å². The second-order valence-electron chi connectivity index (χ2n) is 13.0. The van der Waals surface area contributed by atoms with Gasteiger partial charge in [0.25, 0.3) is 0 Å². The van der Waals surface area contributed by atoms with Gasteiger partial charge < -0.3 is 9.32 Å². The summed E-state index contributed by atoms with van der Waals surface area (Å²) in [7, 11) is 0. The number of anilines is 3. The molecular weight excluding hydrogens is 546 g/mol. The number of fused-ring (bicyclic) bond motifs is 5. The molecule has 2 heteroatoms. The molecule has 7 aromatic rings. The smallest absolute Gasteiger partial charge is 0.135 e. The molecule has 2 bridgehead atoms. The normalized spacial score (nSPS) is 19.0. The summed E-state index contributed by atoms with van der Waals surface area (Å²) < 4.78 is 6.18. The molecule has 1 aromatic heterocycles. The SMILES string of the molecule is c1ccc(-c2cccc(N(c3ccc(-c4ccc(C5CC6CCC5C6)cc4)cc3)c3ccc4oc5ccccc5c4c3)c2)cc1. The van der Waals surface area contributed by atoms with Crippen LogP contribution in [0.1, 0.15) is 37.2 Å². The van der Waals surface area contributed by atoms with Crippen molar-refractivity contribution in [3.8, 4) is 22.3 Å². The minimum atomic E-state index is 0.769. The van der Waals surface area contributed by atoms with Crippen molar-refractivity contribution >= 4 is 39.0 Å². The number of para-hydroxylation sites is 1. The predicted molar refractivity (Wildman–Crippen MR) is 187 cm³/mol. The molecule has 2 nitrogen and oxygen atoms in total. The van der Waals surface area contributed by atoms with Crippen LogP contribution in [0.15, 0.2) is 150 Å². The molecule has 0 saturated heterocycles. The van der Waals surface area contributed by atoms with Crippen molar-refractivity contribution in [2.75, 3.05) is 4.90 Å². The van der Waals surface area contributed by atoms with Gasteiger partial charge in [-0.3, -0.25) is 0 Å². The van der Waals surface area contributed by atoms with E-state index >= 15 is 0 Å². The Labute approximate surface area is 264 Å². The molecular formula is C43H35NO. The Hall–Kier alpha value is -5.08. The first-order chi connectivity index (χ1) is 22.3. The fourth-order valence-corrected chi connectivity index (χ4v) is 8.13. The van der Waals surface area contributed by atoms with Crippen molar-refractivity contribution in [3.05, 3.63) is 151 Å². The Kier molecular flexibility index (Phi) is 6.33. The molecule has 3 atom stereocenters. The predicted octanol–water partition coefficient (Wildman–Crippen LogP) is 12.3. The van der Waals surface area contributed by atoms with E-state index in [1.807, 2.05) is 12.1 Å². The van der Waals surface area contributed by atoms with Crippen LogP contribution in [-0.2, 0) is 0 Å². The molecule has 0 spiro atoms. The van der Waals surface area contributed by atoms with Crippen LogP contribution in [0.5, 0.6) is 0 Å². The highest BCUT2D eigenvalue weighted by atomic mass is 16.3. The van der Waals surface area contributed by atoms with Crippen LogP contribution >= 0.6 is 0 Å². The molecule has 2 aliphatic rings. The van der Waals surface area contributed by atoms with E-state index in [-0.39, 0.29) is 0 Å².